The van der Waals surface area contributed by atoms with Gasteiger partial charge in [0.25, 0.3) is 0 Å². The standard InChI is InChI=1S/2C8H6O4.Na.H/c9-7(10)5-1-2-6(4-3-5)8(11)12;9-7(10)5-2-1-3-6(4-5)8(11)12;;/h2*1-4H,(H,9,10)(H,11,12);;/q;;+1;-1. The molecule has 2 aromatic carbocycles. The van der Waals surface area contributed by atoms with E-state index in [9.17, 15) is 19.2 Å². The third-order valence-electron chi connectivity index (χ3n) is 2.74. The summed E-state index contributed by atoms with van der Waals surface area (Å²) < 4.78 is 0. The van der Waals surface area contributed by atoms with Crippen molar-refractivity contribution in [3.05, 3.63) is 70.8 Å². The van der Waals surface area contributed by atoms with Crippen molar-refractivity contribution < 1.29 is 70.6 Å². The maximum absolute atomic E-state index is 10.4. The number of rotatable bonds is 4. The second-order valence-electron chi connectivity index (χ2n) is 4.38. The van der Waals surface area contributed by atoms with Crippen molar-refractivity contribution in [2.24, 2.45) is 0 Å². The number of benzene rings is 2. The normalized spacial score (nSPS) is 8.96. The number of carbonyl (C=O) groups is 4. The molecular weight excluding hydrogens is 343 g/mol. The Morgan fingerprint density at radius 1 is 0.560 bits per heavy atom. The Morgan fingerprint density at radius 2 is 0.840 bits per heavy atom. The Morgan fingerprint density at radius 3 is 1.08 bits per heavy atom. The molecule has 0 aliphatic rings. The van der Waals surface area contributed by atoms with Crippen molar-refractivity contribution in [3.63, 3.8) is 0 Å². The number of hydrogen-bond donors (Lipinski definition) is 4. The average Bonchev–Trinajstić information content (AvgIpc) is 2.55. The van der Waals surface area contributed by atoms with Gasteiger partial charge in [-0.05, 0) is 42.5 Å². The van der Waals surface area contributed by atoms with Crippen molar-refractivity contribution in [3.8, 4) is 0 Å². The van der Waals surface area contributed by atoms with Crippen LogP contribution in [0, 0.1) is 0 Å². The third-order valence-corrected chi connectivity index (χ3v) is 2.74. The quantitative estimate of drug-likeness (QED) is 0.525. The maximum atomic E-state index is 10.4. The number of carboxylic acids is 4. The van der Waals surface area contributed by atoms with Gasteiger partial charge < -0.3 is 21.9 Å². The molecule has 0 radical (unpaired) electrons. The van der Waals surface area contributed by atoms with E-state index in [1.807, 2.05) is 0 Å². The van der Waals surface area contributed by atoms with Gasteiger partial charge in [-0.1, -0.05) is 6.07 Å². The van der Waals surface area contributed by atoms with Crippen LogP contribution in [0.15, 0.2) is 48.5 Å². The number of carboxylic acid groups (broad SMARTS) is 4. The first kappa shape index (κ1) is 22.3. The van der Waals surface area contributed by atoms with E-state index in [2.05, 4.69) is 0 Å². The van der Waals surface area contributed by atoms with Crippen LogP contribution in [0.5, 0.6) is 0 Å². The molecule has 0 saturated carbocycles. The van der Waals surface area contributed by atoms with E-state index in [1.165, 1.54) is 42.5 Å². The Labute approximate surface area is 165 Å². The van der Waals surface area contributed by atoms with E-state index in [0.717, 1.165) is 6.07 Å². The zero-order chi connectivity index (χ0) is 18.3. The molecule has 0 amide bonds. The van der Waals surface area contributed by atoms with Crippen LogP contribution in [-0.4, -0.2) is 44.3 Å². The largest absolute Gasteiger partial charge is 1.00 e. The molecule has 2 rings (SSSR count). The van der Waals surface area contributed by atoms with Gasteiger partial charge in [0, 0.05) is 0 Å². The van der Waals surface area contributed by atoms with Crippen LogP contribution >= 0.6 is 0 Å². The van der Waals surface area contributed by atoms with Gasteiger partial charge in [-0.2, -0.15) is 0 Å². The summed E-state index contributed by atoms with van der Waals surface area (Å²) >= 11 is 0. The molecule has 0 bridgehead atoms. The Kier molecular flexibility index (Phi) is 9.14. The molecule has 0 aromatic heterocycles. The maximum Gasteiger partial charge on any atom is 1.00 e. The van der Waals surface area contributed by atoms with Crippen molar-refractivity contribution >= 4 is 23.9 Å². The van der Waals surface area contributed by atoms with Crippen LogP contribution in [0.2, 0.25) is 0 Å². The zero-order valence-electron chi connectivity index (χ0n) is 14.0. The minimum atomic E-state index is -1.13. The van der Waals surface area contributed by atoms with Gasteiger partial charge >= 0.3 is 53.4 Å². The fraction of sp³-hybridized carbons (Fsp3) is 0. The molecule has 0 aliphatic heterocycles. The molecule has 0 saturated heterocycles. The summed E-state index contributed by atoms with van der Waals surface area (Å²) in [5.74, 6) is -4.38. The molecule has 25 heavy (non-hydrogen) atoms. The second-order valence-corrected chi connectivity index (χ2v) is 4.38. The minimum Gasteiger partial charge on any atom is -1.00 e. The molecule has 4 N–H and O–H groups in total. The zero-order valence-corrected chi connectivity index (χ0v) is 15.0. The first-order chi connectivity index (χ1) is 11.2. The van der Waals surface area contributed by atoms with Crippen molar-refractivity contribution in [1.29, 1.82) is 0 Å². The van der Waals surface area contributed by atoms with E-state index in [1.54, 1.807) is 0 Å². The van der Waals surface area contributed by atoms with Gasteiger partial charge in [0.2, 0.25) is 0 Å². The third kappa shape index (κ3) is 7.17. The first-order valence-corrected chi connectivity index (χ1v) is 6.35. The van der Waals surface area contributed by atoms with Crippen LogP contribution in [0.3, 0.4) is 0 Å². The van der Waals surface area contributed by atoms with Crippen molar-refractivity contribution in [2.75, 3.05) is 0 Å². The predicted octanol–water partition coefficient (Wildman–Crippen LogP) is -0.717. The van der Waals surface area contributed by atoms with Gasteiger partial charge in [-0.25, -0.2) is 19.2 Å². The van der Waals surface area contributed by atoms with Gasteiger partial charge in [0.15, 0.2) is 0 Å². The van der Waals surface area contributed by atoms with E-state index in [-0.39, 0.29) is 53.2 Å². The molecule has 0 atom stereocenters. The van der Waals surface area contributed by atoms with E-state index >= 15 is 0 Å². The molecule has 126 valence electrons. The van der Waals surface area contributed by atoms with E-state index in [4.69, 9.17) is 20.4 Å². The van der Waals surface area contributed by atoms with Gasteiger partial charge in [0.05, 0.1) is 22.3 Å². The Hall–Kier alpha value is -2.68. The van der Waals surface area contributed by atoms with Crippen LogP contribution in [0.1, 0.15) is 42.9 Å². The smallest absolute Gasteiger partial charge is 1.00 e. The molecule has 2 aromatic rings. The molecule has 0 heterocycles. The fourth-order valence-corrected chi connectivity index (χ4v) is 1.54. The molecule has 0 aliphatic carbocycles. The summed E-state index contributed by atoms with van der Waals surface area (Å²) in [5.41, 5.74) is 0.129. The topological polar surface area (TPSA) is 149 Å². The summed E-state index contributed by atoms with van der Waals surface area (Å²) in [7, 11) is 0. The summed E-state index contributed by atoms with van der Waals surface area (Å²) in [4.78, 5) is 41.4. The molecular formula is C16H13NaO8. The van der Waals surface area contributed by atoms with Crippen molar-refractivity contribution in [2.45, 2.75) is 0 Å². The number of aromatic carboxylic acids is 4. The first-order valence-electron chi connectivity index (χ1n) is 6.35. The molecule has 0 spiro atoms. The second kappa shape index (κ2) is 10.2. The molecule has 0 fully saturated rings. The van der Waals surface area contributed by atoms with Gasteiger partial charge in [-0.15, -0.1) is 0 Å². The molecule has 8 nitrogen and oxygen atoms in total. The van der Waals surface area contributed by atoms with Crippen LogP contribution in [0.4, 0.5) is 0 Å². The predicted molar refractivity (Wildman–Crippen MR) is 81.8 cm³/mol. The Balaban J connectivity index is 0. The summed E-state index contributed by atoms with van der Waals surface area (Å²) in [5, 5.41) is 33.9. The van der Waals surface area contributed by atoms with E-state index in [0.29, 0.717) is 0 Å². The van der Waals surface area contributed by atoms with Gasteiger partial charge in [0.1, 0.15) is 0 Å². The summed E-state index contributed by atoms with van der Waals surface area (Å²) in [6, 6.07) is 10.2. The van der Waals surface area contributed by atoms with Gasteiger partial charge in [-0.3, -0.25) is 0 Å². The van der Waals surface area contributed by atoms with Crippen LogP contribution in [-0.2, 0) is 0 Å². The van der Waals surface area contributed by atoms with Crippen molar-refractivity contribution in [1.82, 2.24) is 0 Å². The average molecular weight is 356 g/mol. The fourth-order valence-electron chi connectivity index (χ4n) is 1.54. The Bertz CT molecular complexity index is 727. The van der Waals surface area contributed by atoms with Crippen LogP contribution < -0.4 is 29.6 Å². The molecule has 0 unspecified atom stereocenters. The summed E-state index contributed by atoms with van der Waals surface area (Å²) in [6.07, 6.45) is 0. The number of hydrogen-bond acceptors (Lipinski definition) is 4. The molecule has 9 heteroatoms. The summed E-state index contributed by atoms with van der Waals surface area (Å²) in [6.45, 7) is 0. The van der Waals surface area contributed by atoms with Crippen LogP contribution in [0.25, 0.3) is 0 Å². The SMILES string of the molecule is O=C(O)c1ccc(C(=O)O)cc1.O=C(O)c1cccc(C(=O)O)c1.[H-].[Na+]. The van der Waals surface area contributed by atoms with E-state index < -0.39 is 23.9 Å². The minimum absolute atomic E-state index is 0. The monoisotopic (exact) mass is 356 g/mol.